The van der Waals surface area contributed by atoms with E-state index in [1.54, 1.807) is 18.2 Å². The zero-order valence-electron chi connectivity index (χ0n) is 18.6. The fraction of sp³-hybridized carbons (Fsp3) is 0.385. The molecule has 3 aliphatic rings. The molecule has 2 bridgehead atoms. The van der Waals surface area contributed by atoms with Crippen LogP contribution in [0.15, 0.2) is 59.1 Å². The Morgan fingerprint density at radius 3 is 2.76 bits per heavy atom. The third-order valence-electron chi connectivity index (χ3n) is 6.83. The lowest BCUT2D eigenvalue weighted by Crippen LogP contribution is -2.49. The summed E-state index contributed by atoms with van der Waals surface area (Å²) in [6, 6.07) is 17.3. The summed E-state index contributed by atoms with van der Waals surface area (Å²) in [7, 11) is 2.04. The van der Waals surface area contributed by atoms with Crippen LogP contribution in [-0.2, 0) is 6.54 Å². The molecule has 3 aliphatic carbocycles. The normalized spacial score (nSPS) is 23.9. The molecule has 2 aromatic carbocycles. The zero-order valence-corrected chi connectivity index (χ0v) is 19.4. The Labute approximate surface area is 198 Å². The fourth-order valence-corrected chi connectivity index (χ4v) is 5.22. The Hall–Kier alpha value is -2.83. The summed E-state index contributed by atoms with van der Waals surface area (Å²) in [6.07, 6.45) is 5.82. The maximum Gasteiger partial charge on any atom is 0.273 e. The number of carbonyl (C=O) groups excluding carboxylic acids is 1. The van der Waals surface area contributed by atoms with E-state index in [1.165, 1.54) is 12.8 Å². The second-order valence-electron chi connectivity index (χ2n) is 9.24. The maximum absolute atomic E-state index is 12.6. The van der Waals surface area contributed by atoms with Gasteiger partial charge in [-0.2, -0.15) is 0 Å². The lowest BCUT2D eigenvalue weighted by Gasteiger charge is -2.46. The molecule has 6 rings (SSSR count). The van der Waals surface area contributed by atoms with Crippen LogP contribution >= 0.6 is 11.6 Å². The van der Waals surface area contributed by atoms with Crippen molar-refractivity contribution in [2.24, 2.45) is 5.92 Å². The molecule has 1 heterocycles. The van der Waals surface area contributed by atoms with Gasteiger partial charge < -0.3 is 19.9 Å². The second-order valence-corrected chi connectivity index (χ2v) is 9.68. The number of ether oxygens (including phenoxy) is 1. The van der Waals surface area contributed by atoms with Crippen LogP contribution in [0.5, 0.6) is 5.75 Å². The first-order valence-electron chi connectivity index (χ1n) is 11.5. The summed E-state index contributed by atoms with van der Waals surface area (Å²) < 4.78 is 11.9. The molecule has 3 fully saturated rings. The van der Waals surface area contributed by atoms with Crippen molar-refractivity contribution in [2.45, 2.75) is 50.3 Å². The highest BCUT2D eigenvalue weighted by Crippen LogP contribution is 2.49. The van der Waals surface area contributed by atoms with Gasteiger partial charge in [0.1, 0.15) is 11.4 Å². The van der Waals surface area contributed by atoms with Gasteiger partial charge in [0.05, 0.1) is 0 Å². The molecule has 0 saturated heterocycles. The van der Waals surface area contributed by atoms with Crippen LogP contribution in [0.25, 0.3) is 11.3 Å². The first-order chi connectivity index (χ1) is 16.0. The van der Waals surface area contributed by atoms with E-state index in [2.05, 4.69) is 15.8 Å². The Balaban J connectivity index is 1.20. The highest BCUT2D eigenvalue weighted by molar-refractivity contribution is 6.30. The number of amides is 1. The first-order valence-corrected chi connectivity index (χ1v) is 11.9. The lowest BCUT2D eigenvalue weighted by molar-refractivity contribution is -0.0497. The van der Waals surface area contributed by atoms with Crippen LogP contribution in [0.1, 0.15) is 48.2 Å². The molecule has 6 nitrogen and oxygen atoms in total. The number of rotatable bonds is 7. The Morgan fingerprint density at radius 2 is 1.97 bits per heavy atom. The minimum Gasteiger partial charge on any atom is -0.487 e. The van der Waals surface area contributed by atoms with Crippen LogP contribution < -0.4 is 15.4 Å². The standard InChI is InChI=1S/C26H28ClN3O3/c1-28-21-10-5-18-13-26(14-18,15-21)32-22-4-2-3-17(11-22)16-29-25(31)23-12-24(33-30-23)19-6-8-20(27)9-7-19/h2-4,6-9,11-12,18,21,28H,5,10,13-16H2,1H3,(H,29,31)/t18?,21-,26?/m0/s1. The molecular formula is C26H28ClN3O3. The molecule has 0 radical (unpaired) electrons. The Bertz CT molecular complexity index is 1120. The molecule has 33 heavy (non-hydrogen) atoms. The van der Waals surface area contributed by atoms with Crippen LogP contribution in [0.4, 0.5) is 0 Å². The molecule has 172 valence electrons. The van der Waals surface area contributed by atoms with Crippen molar-refractivity contribution >= 4 is 17.5 Å². The third-order valence-corrected chi connectivity index (χ3v) is 7.08. The molecule has 1 amide bonds. The highest BCUT2D eigenvalue weighted by Gasteiger charge is 2.49. The minimum absolute atomic E-state index is 0.0600. The first kappa shape index (κ1) is 22.0. The quantitative estimate of drug-likeness (QED) is 0.500. The SMILES string of the molecule is CN[C@H]1CCC2CC(Oc3cccc(CNC(=O)c4cc(-c5ccc(Cl)cc5)on4)c3)(C2)C1. The van der Waals surface area contributed by atoms with Crippen LogP contribution in [0.3, 0.4) is 0 Å². The number of nitrogens with one attached hydrogen (secondary N) is 2. The van der Waals surface area contributed by atoms with Gasteiger partial charge in [0.15, 0.2) is 11.5 Å². The Kier molecular flexibility index (Phi) is 6.13. The van der Waals surface area contributed by atoms with Crippen molar-refractivity contribution in [3.8, 4) is 17.1 Å². The fourth-order valence-electron chi connectivity index (χ4n) is 5.10. The van der Waals surface area contributed by atoms with Crippen molar-refractivity contribution in [2.75, 3.05) is 7.05 Å². The number of carbonyl (C=O) groups is 1. The van der Waals surface area contributed by atoms with Gasteiger partial charge in [-0.3, -0.25) is 4.79 Å². The molecule has 3 aromatic rings. The summed E-state index contributed by atoms with van der Waals surface area (Å²) in [5.41, 5.74) is 1.97. The summed E-state index contributed by atoms with van der Waals surface area (Å²) in [4.78, 5) is 12.6. The maximum atomic E-state index is 12.6. The Morgan fingerprint density at radius 1 is 1.15 bits per heavy atom. The number of benzene rings is 2. The number of halogens is 1. The van der Waals surface area contributed by atoms with Gasteiger partial charge in [-0.1, -0.05) is 28.9 Å². The van der Waals surface area contributed by atoms with Gasteiger partial charge in [0, 0.05) is 35.7 Å². The molecule has 1 aromatic heterocycles. The van der Waals surface area contributed by atoms with E-state index in [9.17, 15) is 4.79 Å². The molecule has 0 aliphatic heterocycles. The van der Waals surface area contributed by atoms with Gasteiger partial charge in [-0.05, 0) is 80.6 Å². The zero-order chi connectivity index (χ0) is 22.8. The third kappa shape index (κ3) is 4.92. The molecule has 1 atom stereocenters. The van der Waals surface area contributed by atoms with Crippen molar-refractivity contribution in [1.82, 2.24) is 15.8 Å². The van der Waals surface area contributed by atoms with E-state index in [4.69, 9.17) is 20.9 Å². The van der Waals surface area contributed by atoms with Crippen LogP contribution in [-0.4, -0.2) is 29.8 Å². The number of hydrogen-bond donors (Lipinski definition) is 2. The van der Waals surface area contributed by atoms with Crippen molar-refractivity contribution in [1.29, 1.82) is 0 Å². The van der Waals surface area contributed by atoms with Crippen molar-refractivity contribution in [3.05, 3.63) is 70.9 Å². The van der Waals surface area contributed by atoms with E-state index in [0.717, 1.165) is 42.1 Å². The van der Waals surface area contributed by atoms with E-state index in [1.807, 2.05) is 43.4 Å². The molecule has 0 spiro atoms. The minimum atomic E-state index is -0.286. The second kappa shape index (κ2) is 9.20. The van der Waals surface area contributed by atoms with Crippen LogP contribution in [0.2, 0.25) is 5.02 Å². The molecular weight excluding hydrogens is 438 g/mol. The topological polar surface area (TPSA) is 76.4 Å². The largest absolute Gasteiger partial charge is 0.487 e. The predicted octanol–water partition coefficient (Wildman–Crippen LogP) is 5.22. The average molecular weight is 466 g/mol. The molecule has 7 heteroatoms. The molecule has 0 unspecified atom stereocenters. The van der Waals surface area contributed by atoms with E-state index in [-0.39, 0.29) is 17.2 Å². The smallest absolute Gasteiger partial charge is 0.273 e. The summed E-state index contributed by atoms with van der Waals surface area (Å²) in [5.74, 6) is 1.88. The lowest BCUT2D eigenvalue weighted by atomic mass is 9.69. The van der Waals surface area contributed by atoms with Crippen LogP contribution in [0, 0.1) is 5.92 Å². The molecule has 3 saturated carbocycles. The number of fused-ring (bicyclic) bond motifs is 3. The van der Waals surface area contributed by atoms with Crippen molar-refractivity contribution in [3.63, 3.8) is 0 Å². The number of aromatic nitrogens is 1. The van der Waals surface area contributed by atoms with Gasteiger partial charge in [-0.25, -0.2) is 0 Å². The highest BCUT2D eigenvalue weighted by atomic mass is 35.5. The number of nitrogens with zero attached hydrogens (tertiary/aromatic N) is 1. The van der Waals surface area contributed by atoms with Gasteiger partial charge in [0.25, 0.3) is 5.91 Å². The predicted molar refractivity (Wildman–Crippen MR) is 127 cm³/mol. The average Bonchev–Trinajstić information content (AvgIpc) is 3.15. The van der Waals surface area contributed by atoms with Gasteiger partial charge in [0.2, 0.25) is 0 Å². The van der Waals surface area contributed by atoms with E-state index >= 15 is 0 Å². The number of hydrogen-bond acceptors (Lipinski definition) is 5. The van der Waals surface area contributed by atoms with Gasteiger partial charge in [-0.15, -0.1) is 0 Å². The van der Waals surface area contributed by atoms with Crippen molar-refractivity contribution < 1.29 is 14.1 Å². The van der Waals surface area contributed by atoms with E-state index in [0.29, 0.717) is 23.4 Å². The monoisotopic (exact) mass is 465 g/mol. The summed E-state index contributed by atoms with van der Waals surface area (Å²) in [6.45, 7) is 0.383. The van der Waals surface area contributed by atoms with E-state index < -0.39 is 0 Å². The summed E-state index contributed by atoms with van der Waals surface area (Å²) >= 11 is 5.93. The van der Waals surface area contributed by atoms with Gasteiger partial charge >= 0.3 is 0 Å². The molecule has 2 N–H and O–H groups in total. The summed E-state index contributed by atoms with van der Waals surface area (Å²) in [5, 5.41) is 10.9.